The first kappa shape index (κ1) is 37.6. The summed E-state index contributed by atoms with van der Waals surface area (Å²) in [6.45, 7) is 5.21. The molecular weight excluding hydrogens is 621 g/mol. The van der Waals surface area contributed by atoms with Crippen LogP contribution < -0.4 is 16.0 Å². The number of carbonyl (C=O) groups excluding carboxylic acids is 4. The molecular formula is C27H50IN3O8. The number of unbranched alkanes of at least 4 members (excludes halogenated alkanes) is 8. The molecule has 228 valence electrons. The molecule has 0 saturated carbocycles. The van der Waals surface area contributed by atoms with E-state index in [9.17, 15) is 19.2 Å². The summed E-state index contributed by atoms with van der Waals surface area (Å²) in [6, 6.07) is 0. The smallest absolute Gasteiger partial charge is 0.246 e. The molecule has 0 aliphatic heterocycles. The van der Waals surface area contributed by atoms with Gasteiger partial charge in [-0.05, 0) is 19.8 Å². The normalized spacial score (nSPS) is 10.8. The number of hydrogen-bond acceptors (Lipinski definition) is 8. The molecule has 0 bridgehead atoms. The van der Waals surface area contributed by atoms with Crippen molar-refractivity contribution in [3.8, 4) is 0 Å². The van der Waals surface area contributed by atoms with Gasteiger partial charge in [0.2, 0.25) is 17.7 Å². The zero-order chi connectivity index (χ0) is 28.8. The third-order valence-corrected chi connectivity index (χ3v) is 6.14. The maximum Gasteiger partial charge on any atom is 0.246 e. The number of ether oxygens (including phenoxy) is 4. The number of hydrogen-bond donors (Lipinski definition) is 3. The summed E-state index contributed by atoms with van der Waals surface area (Å²) in [5.74, 6) is -0.0964. The molecule has 0 radical (unpaired) electrons. The van der Waals surface area contributed by atoms with Crippen molar-refractivity contribution < 1.29 is 38.1 Å². The van der Waals surface area contributed by atoms with Crippen molar-refractivity contribution in [3.63, 3.8) is 0 Å². The van der Waals surface area contributed by atoms with Crippen molar-refractivity contribution in [1.82, 2.24) is 16.0 Å². The van der Waals surface area contributed by atoms with Crippen LogP contribution in [0.3, 0.4) is 0 Å². The summed E-state index contributed by atoms with van der Waals surface area (Å²) in [5.41, 5.74) is 0. The number of nitrogens with one attached hydrogen (secondary N) is 3. The van der Waals surface area contributed by atoms with Gasteiger partial charge in [-0.15, -0.1) is 0 Å². The Morgan fingerprint density at radius 3 is 1.54 bits per heavy atom. The molecule has 0 aromatic rings. The van der Waals surface area contributed by atoms with Crippen molar-refractivity contribution in [2.24, 2.45) is 0 Å². The van der Waals surface area contributed by atoms with Gasteiger partial charge in [-0.3, -0.25) is 19.2 Å². The van der Waals surface area contributed by atoms with Gasteiger partial charge in [0, 0.05) is 26.1 Å². The zero-order valence-electron chi connectivity index (χ0n) is 23.7. The number of halogens is 1. The van der Waals surface area contributed by atoms with E-state index in [2.05, 4.69) is 38.5 Å². The van der Waals surface area contributed by atoms with Crippen LogP contribution >= 0.6 is 22.6 Å². The molecule has 0 aromatic carbocycles. The number of carbonyl (C=O) groups is 4. The predicted molar refractivity (Wildman–Crippen MR) is 158 cm³/mol. The monoisotopic (exact) mass is 671 g/mol. The van der Waals surface area contributed by atoms with Crippen LogP contribution in [0, 0.1) is 0 Å². The summed E-state index contributed by atoms with van der Waals surface area (Å²) < 4.78 is 21.5. The molecule has 39 heavy (non-hydrogen) atoms. The van der Waals surface area contributed by atoms with Crippen LogP contribution in [0.4, 0.5) is 0 Å². The standard InChI is InChI=1S/C27H50IN3O8/c1-24(32)22-38-19-17-37-16-14-31-27(35)23-39-20-18-36-15-13-30-25(33)11-9-7-5-3-2-4-6-8-10-12-29-26(34)21-28/h2-23H2,1H3,(H,29,34)(H,30,33)(H,31,35). The first-order valence-electron chi connectivity index (χ1n) is 14.1. The van der Waals surface area contributed by atoms with E-state index >= 15 is 0 Å². The van der Waals surface area contributed by atoms with E-state index in [4.69, 9.17) is 18.9 Å². The third-order valence-electron chi connectivity index (χ3n) is 5.44. The van der Waals surface area contributed by atoms with Crippen LogP contribution in [-0.4, -0.2) is 100 Å². The second-order valence-corrected chi connectivity index (χ2v) is 9.91. The number of Topliss-reactive ketones (excluding diaryl/α,β-unsaturated/α-hetero) is 1. The zero-order valence-corrected chi connectivity index (χ0v) is 25.9. The van der Waals surface area contributed by atoms with E-state index in [1.807, 2.05) is 0 Å². The minimum atomic E-state index is -0.232. The fourth-order valence-electron chi connectivity index (χ4n) is 3.41. The first-order chi connectivity index (χ1) is 19.0. The van der Waals surface area contributed by atoms with Crippen LogP contribution in [0.25, 0.3) is 0 Å². The molecule has 0 heterocycles. The molecule has 0 aliphatic carbocycles. The van der Waals surface area contributed by atoms with Gasteiger partial charge in [0.05, 0.1) is 44.1 Å². The molecule has 0 fully saturated rings. The van der Waals surface area contributed by atoms with Crippen molar-refractivity contribution in [1.29, 1.82) is 0 Å². The lowest BCUT2D eigenvalue weighted by Crippen LogP contribution is -2.31. The summed E-state index contributed by atoms with van der Waals surface area (Å²) in [4.78, 5) is 45.4. The summed E-state index contributed by atoms with van der Waals surface area (Å²) in [5, 5.41) is 8.43. The molecule has 3 N–H and O–H groups in total. The Hall–Kier alpha value is -1.35. The van der Waals surface area contributed by atoms with E-state index in [-0.39, 0.29) is 36.7 Å². The number of amides is 3. The summed E-state index contributed by atoms with van der Waals surface area (Å²) >= 11 is 2.07. The van der Waals surface area contributed by atoms with Gasteiger partial charge >= 0.3 is 0 Å². The number of rotatable bonds is 29. The summed E-state index contributed by atoms with van der Waals surface area (Å²) in [6.07, 6.45) is 10.8. The Kier molecular flexibility index (Phi) is 28.6. The quantitative estimate of drug-likeness (QED) is 0.0626. The molecule has 0 spiro atoms. The lowest BCUT2D eigenvalue weighted by atomic mass is 10.1. The molecule has 0 aromatic heterocycles. The largest absolute Gasteiger partial charge is 0.377 e. The molecule has 0 atom stereocenters. The lowest BCUT2D eigenvalue weighted by molar-refractivity contribution is -0.127. The van der Waals surface area contributed by atoms with Gasteiger partial charge in [-0.1, -0.05) is 67.5 Å². The molecule has 3 amide bonds. The van der Waals surface area contributed by atoms with E-state index in [1.54, 1.807) is 0 Å². The number of ketones is 1. The van der Waals surface area contributed by atoms with Gasteiger partial charge in [-0.2, -0.15) is 0 Å². The van der Waals surface area contributed by atoms with E-state index < -0.39 is 0 Å². The highest BCUT2D eigenvalue weighted by Gasteiger charge is 2.03. The van der Waals surface area contributed by atoms with Crippen molar-refractivity contribution in [3.05, 3.63) is 0 Å². The third kappa shape index (κ3) is 31.0. The van der Waals surface area contributed by atoms with Crippen molar-refractivity contribution in [2.45, 2.75) is 71.1 Å². The second-order valence-electron chi connectivity index (χ2n) is 9.15. The maximum absolute atomic E-state index is 11.9. The molecule has 12 heteroatoms. The van der Waals surface area contributed by atoms with Gasteiger partial charge in [0.1, 0.15) is 13.2 Å². The molecule has 0 aliphatic rings. The van der Waals surface area contributed by atoms with Crippen LogP contribution in [-0.2, 0) is 38.1 Å². The minimum absolute atomic E-state index is 0.0295. The SMILES string of the molecule is CC(=O)COCCOCCNC(=O)COCCOCCNC(=O)CCCCCCCCCCCNC(=O)CI. The fraction of sp³-hybridized carbons (Fsp3) is 0.852. The van der Waals surface area contributed by atoms with Crippen LogP contribution in [0.2, 0.25) is 0 Å². The molecule has 11 nitrogen and oxygen atoms in total. The van der Waals surface area contributed by atoms with E-state index in [0.29, 0.717) is 63.6 Å². The van der Waals surface area contributed by atoms with Gasteiger partial charge in [0.25, 0.3) is 0 Å². The molecule has 0 saturated heterocycles. The minimum Gasteiger partial charge on any atom is -0.377 e. The molecule has 0 unspecified atom stereocenters. The Morgan fingerprint density at radius 2 is 0.974 bits per heavy atom. The van der Waals surface area contributed by atoms with Gasteiger partial charge in [0.15, 0.2) is 5.78 Å². The fourth-order valence-corrected chi connectivity index (χ4v) is 3.68. The van der Waals surface area contributed by atoms with Gasteiger partial charge < -0.3 is 34.9 Å². The van der Waals surface area contributed by atoms with Crippen LogP contribution in [0.15, 0.2) is 0 Å². The Balaban J connectivity index is 3.28. The maximum atomic E-state index is 11.9. The van der Waals surface area contributed by atoms with Crippen LogP contribution in [0.1, 0.15) is 71.1 Å². The second kappa shape index (κ2) is 29.6. The Bertz CT molecular complexity index is 640. The summed E-state index contributed by atoms with van der Waals surface area (Å²) in [7, 11) is 0. The number of alkyl halides is 1. The predicted octanol–water partition coefficient (Wildman–Crippen LogP) is 2.33. The highest BCUT2D eigenvalue weighted by Crippen LogP contribution is 2.10. The first-order valence-corrected chi connectivity index (χ1v) is 15.6. The molecule has 0 rings (SSSR count). The van der Waals surface area contributed by atoms with Crippen molar-refractivity contribution >= 4 is 46.1 Å². The highest BCUT2D eigenvalue weighted by atomic mass is 127. The Morgan fingerprint density at radius 1 is 0.513 bits per heavy atom. The van der Waals surface area contributed by atoms with E-state index in [1.165, 1.54) is 32.6 Å². The Labute approximate surface area is 247 Å². The van der Waals surface area contributed by atoms with Crippen molar-refractivity contribution in [2.75, 3.05) is 76.9 Å². The van der Waals surface area contributed by atoms with Crippen LogP contribution in [0.5, 0.6) is 0 Å². The average molecular weight is 672 g/mol. The highest BCUT2D eigenvalue weighted by molar-refractivity contribution is 14.1. The van der Waals surface area contributed by atoms with E-state index in [0.717, 1.165) is 38.6 Å². The average Bonchev–Trinajstić information content (AvgIpc) is 2.91. The van der Waals surface area contributed by atoms with Gasteiger partial charge in [-0.25, -0.2) is 0 Å². The lowest BCUT2D eigenvalue weighted by Gasteiger charge is -2.08. The topological polar surface area (TPSA) is 141 Å².